The Balaban J connectivity index is 1.74. The molecule has 0 spiro atoms. The number of hydrogen-bond acceptors (Lipinski definition) is 5. The summed E-state index contributed by atoms with van der Waals surface area (Å²) in [6.07, 6.45) is 0.116. The van der Waals surface area contributed by atoms with Crippen LogP contribution in [0.5, 0.6) is 5.75 Å². The number of benzene rings is 3. The number of carbonyl (C=O) groups excluding carboxylic acids is 2. The van der Waals surface area contributed by atoms with Crippen LogP contribution in [0.1, 0.15) is 5.56 Å². The van der Waals surface area contributed by atoms with Gasteiger partial charge in [0.2, 0.25) is 5.91 Å². The second kappa shape index (κ2) is 10.2. The first-order valence-electron chi connectivity index (χ1n) is 10.4. The Labute approximate surface area is 200 Å². The zero-order valence-electron chi connectivity index (χ0n) is 18.2. The number of halogens is 1. The van der Waals surface area contributed by atoms with Crippen molar-refractivity contribution in [2.24, 2.45) is 0 Å². The molecule has 34 heavy (non-hydrogen) atoms. The fourth-order valence-corrected chi connectivity index (χ4v) is 4.83. The van der Waals surface area contributed by atoms with Gasteiger partial charge in [-0.3, -0.25) is 14.5 Å². The number of amides is 2. The number of carbonyl (C=O) groups is 2. The summed E-state index contributed by atoms with van der Waals surface area (Å²) in [6.45, 7) is 0. The highest BCUT2D eigenvalue weighted by atomic mass is 32.2. The Kier molecular flexibility index (Phi) is 6.95. The van der Waals surface area contributed by atoms with Crippen LogP contribution in [0.2, 0.25) is 0 Å². The van der Waals surface area contributed by atoms with Gasteiger partial charge in [0.15, 0.2) is 0 Å². The molecule has 1 unspecified atom stereocenters. The molecule has 1 fully saturated rings. The number of nitriles is 1. The second-order valence-corrected chi connectivity index (χ2v) is 8.58. The molecule has 0 bridgehead atoms. The van der Waals surface area contributed by atoms with Gasteiger partial charge in [-0.05, 0) is 54.4 Å². The molecule has 1 N–H and O–H groups in total. The first-order chi connectivity index (χ1) is 16.5. The van der Waals surface area contributed by atoms with Gasteiger partial charge in [0.05, 0.1) is 12.4 Å². The van der Waals surface area contributed by atoms with Crippen molar-refractivity contribution in [3.8, 4) is 11.8 Å². The third kappa shape index (κ3) is 4.80. The number of thioether (sulfide) groups is 1. The van der Waals surface area contributed by atoms with E-state index in [1.165, 1.54) is 18.1 Å². The van der Waals surface area contributed by atoms with E-state index in [0.29, 0.717) is 22.7 Å². The van der Waals surface area contributed by atoms with Crippen LogP contribution in [-0.2, 0) is 16.0 Å². The number of hydrogen-bond donors (Lipinski definition) is 1. The smallest absolute Gasteiger partial charge is 0.269 e. The first kappa shape index (κ1) is 23.1. The lowest BCUT2D eigenvalue weighted by molar-refractivity contribution is -0.117. The maximum atomic E-state index is 14.3. The van der Waals surface area contributed by atoms with Gasteiger partial charge in [0, 0.05) is 11.4 Å². The lowest BCUT2D eigenvalue weighted by Crippen LogP contribution is -2.31. The number of ether oxygens (including phenoxy) is 1. The van der Waals surface area contributed by atoms with E-state index in [1.54, 1.807) is 66.7 Å². The number of nitrogens with zero attached hydrogens (tertiary/aromatic N) is 2. The highest BCUT2D eigenvalue weighted by Gasteiger charge is 2.41. The van der Waals surface area contributed by atoms with Crippen LogP contribution >= 0.6 is 11.8 Å². The molecule has 1 atom stereocenters. The molecule has 3 aromatic rings. The Morgan fingerprint density at radius 2 is 1.76 bits per heavy atom. The fraction of sp³-hybridized carbons (Fsp3) is 0.115. The van der Waals surface area contributed by atoms with E-state index in [0.717, 1.165) is 11.8 Å². The van der Waals surface area contributed by atoms with E-state index in [9.17, 15) is 19.2 Å². The third-order valence-electron chi connectivity index (χ3n) is 5.23. The van der Waals surface area contributed by atoms with Gasteiger partial charge in [0.25, 0.3) is 5.91 Å². The Morgan fingerprint density at radius 3 is 2.41 bits per heavy atom. The lowest BCUT2D eigenvalue weighted by Gasteiger charge is -2.19. The zero-order valence-corrected chi connectivity index (χ0v) is 19.0. The van der Waals surface area contributed by atoms with E-state index in [-0.39, 0.29) is 22.9 Å². The van der Waals surface area contributed by atoms with Crippen LogP contribution in [0.4, 0.5) is 15.8 Å². The maximum absolute atomic E-state index is 14.3. The van der Waals surface area contributed by atoms with Crippen molar-refractivity contribution >= 4 is 35.0 Å². The van der Waals surface area contributed by atoms with Crippen LogP contribution in [0, 0.1) is 17.1 Å². The third-order valence-corrected chi connectivity index (χ3v) is 6.49. The number of nitrogens with one attached hydrogen (secondary N) is 1. The maximum Gasteiger partial charge on any atom is 0.269 e. The largest absolute Gasteiger partial charge is 0.497 e. The molecule has 0 radical (unpaired) electrons. The van der Waals surface area contributed by atoms with Gasteiger partial charge in [0.1, 0.15) is 28.2 Å². The topological polar surface area (TPSA) is 82.4 Å². The fourth-order valence-electron chi connectivity index (χ4n) is 3.53. The highest BCUT2D eigenvalue weighted by molar-refractivity contribution is 8.05. The van der Waals surface area contributed by atoms with Crippen LogP contribution < -0.4 is 15.0 Å². The zero-order chi connectivity index (χ0) is 24.1. The highest BCUT2D eigenvalue weighted by Crippen LogP contribution is 2.42. The number of para-hydroxylation sites is 1. The van der Waals surface area contributed by atoms with Crippen LogP contribution in [0.15, 0.2) is 89.5 Å². The second-order valence-electron chi connectivity index (χ2n) is 7.39. The monoisotopic (exact) mass is 473 g/mol. The standard InChI is InChI=1S/C26H20FN3O3S/c1-33-20-13-11-19(12-14-20)30-25(32)23(15-17-7-5-6-10-22(17)27)34-26(30)21(16-28)24(31)29-18-8-3-2-4-9-18/h2-14,23H,15H2,1H3,(H,29,31)/b26-21-. The molecule has 8 heteroatoms. The molecule has 6 nitrogen and oxygen atoms in total. The van der Waals surface area contributed by atoms with E-state index >= 15 is 0 Å². The van der Waals surface area contributed by atoms with E-state index in [1.807, 2.05) is 12.1 Å². The molecule has 1 aliphatic heterocycles. The van der Waals surface area contributed by atoms with Gasteiger partial charge in [-0.25, -0.2) is 4.39 Å². The van der Waals surface area contributed by atoms with Crippen LogP contribution in [0.25, 0.3) is 0 Å². The number of methoxy groups -OCH3 is 1. The number of anilines is 2. The first-order valence-corrected chi connectivity index (χ1v) is 11.3. The summed E-state index contributed by atoms with van der Waals surface area (Å²) >= 11 is 1.08. The summed E-state index contributed by atoms with van der Waals surface area (Å²) in [7, 11) is 1.53. The van der Waals surface area contributed by atoms with E-state index in [4.69, 9.17) is 4.74 Å². The quantitative estimate of drug-likeness (QED) is 0.407. The molecule has 0 aromatic heterocycles. The Morgan fingerprint density at radius 1 is 1.09 bits per heavy atom. The molecule has 1 aliphatic rings. The molecule has 3 aromatic carbocycles. The molecular formula is C26H20FN3O3S. The molecule has 0 saturated carbocycles. The summed E-state index contributed by atoms with van der Waals surface area (Å²) in [5.74, 6) is -0.784. The predicted molar refractivity (Wildman–Crippen MR) is 130 cm³/mol. The minimum absolute atomic E-state index is 0.116. The van der Waals surface area contributed by atoms with Gasteiger partial charge in [-0.2, -0.15) is 5.26 Å². The van der Waals surface area contributed by atoms with Crippen molar-refractivity contribution in [1.82, 2.24) is 0 Å². The van der Waals surface area contributed by atoms with Crippen molar-refractivity contribution in [1.29, 1.82) is 5.26 Å². The molecule has 1 saturated heterocycles. The molecule has 4 rings (SSSR count). The van der Waals surface area contributed by atoms with Crippen molar-refractivity contribution in [3.05, 3.63) is 101 Å². The van der Waals surface area contributed by atoms with Gasteiger partial charge in [-0.1, -0.05) is 48.2 Å². The minimum atomic E-state index is -0.707. The summed E-state index contributed by atoms with van der Waals surface area (Å²) in [5, 5.41) is 12.1. The summed E-state index contributed by atoms with van der Waals surface area (Å²) < 4.78 is 19.5. The lowest BCUT2D eigenvalue weighted by atomic mass is 10.1. The van der Waals surface area contributed by atoms with Crippen molar-refractivity contribution in [2.75, 3.05) is 17.3 Å². The number of rotatable bonds is 6. The predicted octanol–water partition coefficient (Wildman–Crippen LogP) is 4.90. The van der Waals surface area contributed by atoms with Crippen molar-refractivity contribution < 1.29 is 18.7 Å². The SMILES string of the molecule is COc1ccc(N2C(=O)C(Cc3ccccc3F)S/C2=C(/C#N)C(=O)Nc2ccccc2)cc1. The van der Waals surface area contributed by atoms with Crippen molar-refractivity contribution in [2.45, 2.75) is 11.7 Å². The van der Waals surface area contributed by atoms with Gasteiger partial charge in [-0.15, -0.1) is 0 Å². The van der Waals surface area contributed by atoms with Crippen molar-refractivity contribution in [3.63, 3.8) is 0 Å². The van der Waals surface area contributed by atoms with E-state index < -0.39 is 17.0 Å². The molecule has 1 heterocycles. The Bertz CT molecular complexity index is 1290. The molecule has 2 amide bonds. The molecule has 0 aliphatic carbocycles. The molecular weight excluding hydrogens is 453 g/mol. The average molecular weight is 474 g/mol. The normalized spacial score (nSPS) is 16.7. The van der Waals surface area contributed by atoms with Gasteiger partial charge < -0.3 is 10.1 Å². The Hall–Kier alpha value is -4.09. The summed E-state index contributed by atoms with van der Waals surface area (Å²) in [6, 6.07) is 23.7. The van der Waals surface area contributed by atoms with E-state index in [2.05, 4.69) is 5.32 Å². The average Bonchev–Trinajstić information content (AvgIpc) is 3.17. The summed E-state index contributed by atoms with van der Waals surface area (Å²) in [4.78, 5) is 27.8. The van der Waals surface area contributed by atoms with Crippen LogP contribution in [-0.4, -0.2) is 24.2 Å². The molecule has 170 valence electrons. The van der Waals surface area contributed by atoms with Gasteiger partial charge >= 0.3 is 0 Å². The summed E-state index contributed by atoms with van der Waals surface area (Å²) in [5.41, 5.74) is 1.18. The van der Waals surface area contributed by atoms with Crippen LogP contribution in [0.3, 0.4) is 0 Å². The minimum Gasteiger partial charge on any atom is -0.497 e.